The van der Waals surface area contributed by atoms with E-state index in [1.807, 2.05) is 41.8 Å². The molecule has 0 aliphatic carbocycles. The summed E-state index contributed by atoms with van der Waals surface area (Å²) in [5.41, 5.74) is 14.3. The molecule has 0 bridgehead atoms. The van der Waals surface area contributed by atoms with Gasteiger partial charge in [-0.3, -0.25) is 4.79 Å². The maximum Gasteiger partial charge on any atom is 0.221 e. The van der Waals surface area contributed by atoms with Gasteiger partial charge in [0.15, 0.2) is 17.3 Å². The summed E-state index contributed by atoms with van der Waals surface area (Å²) >= 11 is 0. The number of carbonyl (C=O) groups is 1. The predicted octanol–water partition coefficient (Wildman–Crippen LogP) is 1.90. The maximum absolute atomic E-state index is 11.2. The predicted molar refractivity (Wildman–Crippen MR) is 122 cm³/mol. The number of nitrogens with two attached hydrogens (primary N) is 2. The van der Waals surface area contributed by atoms with Gasteiger partial charge in [-0.2, -0.15) is 0 Å². The van der Waals surface area contributed by atoms with Crippen LogP contribution in [0.25, 0.3) is 33.8 Å². The summed E-state index contributed by atoms with van der Waals surface area (Å²) in [6.07, 6.45) is 0.161. The minimum atomic E-state index is -1.21. The Hall–Kier alpha value is -4.23. The van der Waals surface area contributed by atoms with E-state index < -0.39 is 11.5 Å². The van der Waals surface area contributed by atoms with Gasteiger partial charge in [-0.25, -0.2) is 14.6 Å². The van der Waals surface area contributed by atoms with Crippen molar-refractivity contribution in [2.75, 3.05) is 5.73 Å². The Morgan fingerprint density at radius 2 is 1.94 bits per heavy atom. The summed E-state index contributed by atoms with van der Waals surface area (Å²) < 4.78 is 6.69. The van der Waals surface area contributed by atoms with Crippen LogP contribution < -0.4 is 11.5 Å². The number of fused-ring (bicyclic) bond motifs is 1. The number of aliphatic hydroxyl groups is 1. The number of anilines is 1. The van der Waals surface area contributed by atoms with Crippen molar-refractivity contribution in [3.05, 3.63) is 41.6 Å². The Labute approximate surface area is 189 Å². The minimum Gasteiger partial charge on any atom is -0.379 e. The summed E-state index contributed by atoms with van der Waals surface area (Å²) in [5, 5.41) is 17.7. The lowest BCUT2D eigenvalue weighted by Crippen LogP contribution is -2.14. The van der Waals surface area contributed by atoms with Crippen LogP contribution in [0.2, 0.25) is 0 Å². The second-order valence-corrected chi connectivity index (χ2v) is 8.05. The molecule has 0 radical (unpaired) electrons. The first-order valence-electron chi connectivity index (χ1n) is 10.3. The van der Waals surface area contributed by atoms with E-state index in [1.165, 1.54) is 0 Å². The molecule has 5 N–H and O–H groups in total. The first-order valence-corrected chi connectivity index (χ1v) is 10.3. The smallest absolute Gasteiger partial charge is 0.221 e. The largest absolute Gasteiger partial charge is 0.379 e. The van der Waals surface area contributed by atoms with Crippen LogP contribution in [0.3, 0.4) is 0 Å². The van der Waals surface area contributed by atoms with E-state index in [0.29, 0.717) is 35.0 Å². The molecule has 0 atom stereocenters. The van der Waals surface area contributed by atoms with Crippen LogP contribution in [0.1, 0.15) is 32.0 Å². The van der Waals surface area contributed by atoms with Gasteiger partial charge in [-0.1, -0.05) is 30.2 Å². The molecule has 33 heavy (non-hydrogen) atoms. The summed E-state index contributed by atoms with van der Waals surface area (Å²) in [4.78, 5) is 20.6. The number of hydrogen-bond donors (Lipinski definition) is 3. The van der Waals surface area contributed by atoms with Crippen LogP contribution in [-0.4, -0.2) is 41.5 Å². The fourth-order valence-electron chi connectivity index (χ4n) is 3.41. The molecule has 0 saturated heterocycles. The van der Waals surface area contributed by atoms with Crippen LogP contribution in [0, 0.1) is 11.8 Å². The van der Waals surface area contributed by atoms with E-state index >= 15 is 0 Å². The molecule has 4 rings (SSSR count). The Balaban J connectivity index is 1.94. The Morgan fingerprint density at radius 3 is 2.52 bits per heavy atom. The lowest BCUT2D eigenvalue weighted by atomic mass is 10.1. The first kappa shape index (κ1) is 22.0. The van der Waals surface area contributed by atoms with Crippen molar-refractivity contribution in [2.45, 2.75) is 39.3 Å². The molecule has 1 amide bonds. The average Bonchev–Trinajstić information content (AvgIpc) is 3.34. The zero-order valence-electron chi connectivity index (χ0n) is 18.5. The SMILES string of the molecule is CCn1c(-c2nonc2N)nc2c(C#CC(C)(C)O)nc(-c3ccc(CC(N)=O)cc3)cc21. The second-order valence-electron chi connectivity index (χ2n) is 8.05. The number of carbonyl (C=O) groups excluding carboxylic acids is 1. The first-order chi connectivity index (χ1) is 15.7. The topological polar surface area (TPSA) is 159 Å². The van der Waals surface area contributed by atoms with Crippen LogP contribution >= 0.6 is 0 Å². The number of benzene rings is 1. The van der Waals surface area contributed by atoms with Gasteiger partial charge in [-0.15, -0.1) is 0 Å². The molecule has 0 saturated carbocycles. The number of nitrogens with zero attached hydrogens (tertiary/aromatic N) is 5. The van der Waals surface area contributed by atoms with E-state index in [9.17, 15) is 9.90 Å². The Bertz CT molecular complexity index is 1400. The fourth-order valence-corrected chi connectivity index (χ4v) is 3.41. The van der Waals surface area contributed by atoms with Crippen LogP contribution in [0.5, 0.6) is 0 Å². The second kappa shape index (κ2) is 8.37. The van der Waals surface area contributed by atoms with Crippen molar-refractivity contribution < 1.29 is 14.5 Å². The molecule has 0 aliphatic rings. The van der Waals surface area contributed by atoms with Crippen molar-refractivity contribution in [1.82, 2.24) is 24.8 Å². The van der Waals surface area contributed by atoms with Crippen molar-refractivity contribution in [3.8, 4) is 34.6 Å². The van der Waals surface area contributed by atoms with Gasteiger partial charge in [0.25, 0.3) is 0 Å². The van der Waals surface area contributed by atoms with E-state index in [1.54, 1.807) is 13.8 Å². The van der Waals surface area contributed by atoms with Crippen LogP contribution in [0.4, 0.5) is 5.82 Å². The Kier molecular flexibility index (Phi) is 5.57. The lowest BCUT2D eigenvalue weighted by molar-refractivity contribution is -0.117. The van der Waals surface area contributed by atoms with Gasteiger partial charge in [0, 0.05) is 12.1 Å². The van der Waals surface area contributed by atoms with Gasteiger partial charge in [0.05, 0.1) is 17.6 Å². The highest BCUT2D eigenvalue weighted by Gasteiger charge is 2.21. The van der Waals surface area contributed by atoms with Crippen molar-refractivity contribution >= 4 is 22.8 Å². The van der Waals surface area contributed by atoms with E-state index in [0.717, 1.165) is 16.6 Å². The van der Waals surface area contributed by atoms with Gasteiger partial charge in [-0.05, 0) is 48.6 Å². The molecule has 3 aromatic heterocycles. The third-order valence-electron chi connectivity index (χ3n) is 4.89. The van der Waals surface area contributed by atoms with E-state index in [-0.39, 0.29) is 12.2 Å². The Morgan fingerprint density at radius 1 is 1.21 bits per heavy atom. The highest BCUT2D eigenvalue weighted by Crippen LogP contribution is 2.30. The zero-order valence-corrected chi connectivity index (χ0v) is 18.5. The van der Waals surface area contributed by atoms with E-state index in [4.69, 9.17) is 26.1 Å². The summed E-state index contributed by atoms with van der Waals surface area (Å²) in [5.74, 6) is 5.98. The molecule has 10 heteroatoms. The molecule has 4 aromatic rings. The maximum atomic E-state index is 11.2. The van der Waals surface area contributed by atoms with Gasteiger partial charge >= 0.3 is 0 Å². The number of hydrogen-bond acceptors (Lipinski definition) is 8. The molecule has 0 fully saturated rings. The number of imidazole rings is 1. The minimum absolute atomic E-state index is 0.127. The quantitative estimate of drug-likeness (QED) is 0.393. The van der Waals surface area contributed by atoms with Gasteiger partial charge in [0.1, 0.15) is 16.8 Å². The molecule has 168 valence electrons. The summed E-state index contributed by atoms with van der Waals surface area (Å²) in [6, 6.07) is 9.30. The number of rotatable bonds is 5. The molecular weight excluding hydrogens is 422 g/mol. The molecular formula is C23H23N7O3. The van der Waals surface area contributed by atoms with Crippen molar-refractivity contribution in [3.63, 3.8) is 0 Å². The van der Waals surface area contributed by atoms with Gasteiger partial charge in [0.2, 0.25) is 5.91 Å². The van der Waals surface area contributed by atoms with Crippen LogP contribution in [0.15, 0.2) is 35.0 Å². The lowest BCUT2D eigenvalue weighted by Gasteiger charge is -2.08. The third kappa shape index (κ3) is 4.53. The molecule has 1 aromatic carbocycles. The van der Waals surface area contributed by atoms with E-state index in [2.05, 4.69) is 22.2 Å². The molecule has 0 spiro atoms. The third-order valence-corrected chi connectivity index (χ3v) is 4.89. The molecule has 10 nitrogen and oxygen atoms in total. The summed E-state index contributed by atoms with van der Waals surface area (Å²) in [7, 11) is 0. The number of aromatic nitrogens is 5. The zero-order chi connectivity index (χ0) is 23.8. The number of amides is 1. The monoisotopic (exact) mass is 445 g/mol. The fraction of sp³-hybridized carbons (Fsp3) is 0.261. The normalized spacial score (nSPS) is 11.4. The highest BCUT2D eigenvalue weighted by atomic mass is 16.6. The highest BCUT2D eigenvalue weighted by molar-refractivity contribution is 5.88. The number of primary amides is 1. The number of aryl methyl sites for hydroxylation is 1. The summed E-state index contributed by atoms with van der Waals surface area (Å²) in [6.45, 7) is 5.72. The van der Waals surface area contributed by atoms with Crippen molar-refractivity contribution in [2.24, 2.45) is 5.73 Å². The molecule has 0 aliphatic heterocycles. The van der Waals surface area contributed by atoms with Gasteiger partial charge < -0.3 is 21.1 Å². The molecule has 0 unspecified atom stereocenters. The van der Waals surface area contributed by atoms with Crippen LogP contribution in [-0.2, 0) is 17.8 Å². The standard InChI is InChI=1S/C23H23N7O3/c1-4-30-17-12-16(14-7-5-13(6-8-14)11-18(24)31)26-15(9-10-23(2,3)32)19(17)27-22(30)20-21(25)29-33-28-20/h5-8,12,32H,4,11H2,1-3H3,(H2,24,31)(H2,25,29). The average molecular weight is 445 g/mol. The number of pyridine rings is 1. The number of nitrogen functional groups attached to an aromatic ring is 1. The van der Waals surface area contributed by atoms with Crippen molar-refractivity contribution in [1.29, 1.82) is 0 Å². The molecule has 3 heterocycles.